The first-order chi connectivity index (χ1) is 16.4. The number of halogens is 2. The minimum absolute atomic E-state index is 0. The number of nitrogens with zero attached hydrogens (tertiary/aromatic N) is 4. The average Bonchev–Trinajstić information content (AvgIpc) is 2.83. The largest absolute Gasteiger partial charge is 1.00 e. The topological polar surface area (TPSA) is 69.6 Å². The van der Waals surface area contributed by atoms with Crippen LogP contribution in [0.3, 0.4) is 0 Å². The summed E-state index contributed by atoms with van der Waals surface area (Å²) in [4.78, 5) is 24.3. The molecular weight excluding hydrogens is 490 g/mol. The van der Waals surface area contributed by atoms with Crippen LogP contribution in [-0.2, 0) is 4.79 Å². The van der Waals surface area contributed by atoms with E-state index in [-0.39, 0.29) is 70.8 Å². The summed E-state index contributed by atoms with van der Waals surface area (Å²) >= 11 is 6.65. The Bertz CT molecular complexity index is 1470. The number of hydrogen-bond acceptors (Lipinski definition) is 5. The van der Waals surface area contributed by atoms with Crippen LogP contribution in [0, 0.1) is 20.2 Å². The summed E-state index contributed by atoms with van der Waals surface area (Å²) < 4.78 is 16.0. The zero-order valence-corrected chi connectivity index (χ0v) is 23.0. The third-order valence-electron chi connectivity index (χ3n) is 6.16. The second-order valence-corrected chi connectivity index (χ2v) is 8.60. The van der Waals surface area contributed by atoms with Crippen LogP contribution in [0.15, 0.2) is 61.4 Å². The number of benzene rings is 3. The number of aromatic nitrogens is 2. The van der Waals surface area contributed by atoms with Gasteiger partial charge in [0, 0.05) is 30.6 Å². The van der Waals surface area contributed by atoms with E-state index in [1.807, 2.05) is 29.2 Å². The molecule has 2 heterocycles. The van der Waals surface area contributed by atoms with E-state index >= 15 is 4.39 Å². The molecule has 0 bridgehead atoms. The van der Waals surface area contributed by atoms with Crippen molar-refractivity contribution in [3.05, 3.63) is 86.6 Å². The maximum Gasteiger partial charge on any atom is 1.00 e. The monoisotopic (exact) mass is 513 g/mol. The number of phenolic OH excluding ortho intramolecular Hbond substituents is 1. The molecule has 0 radical (unpaired) electrons. The fourth-order valence-electron chi connectivity index (χ4n) is 4.57. The van der Waals surface area contributed by atoms with Crippen molar-refractivity contribution in [3.8, 4) is 16.9 Å². The summed E-state index contributed by atoms with van der Waals surface area (Å²) in [6.45, 7) is 8.97. The summed E-state index contributed by atoms with van der Waals surface area (Å²) in [5.41, 5.74) is 0.777. The zero-order valence-electron chi connectivity index (χ0n) is 20.2. The first-order valence-electron chi connectivity index (χ1n) is 10.7. The maximum absolute atomic E-state index is 16.0. The summed E-state index contributed by atoms with van der Waals surface area (Å²) in [6, 6.07) is 11.9. The summed E-state index contributed by atoms with van der Waals surface area (Å²) in [5.74, 6) is -0.226. The Kier molecular flexibility index (Phi) is 8.62. The van der Waals surface area contributed by atoms with E-state index in [2.05, 4.69) is 23.5 Å². The molecule has 9 heteroatoms. The van der Waals surface area contributed by atoms with Gasteiger partial charge in [0.15, 0.2) is 5.82 Å². The predicted molar refractivity (Wildman–Crippen MR) is 139 cm³/mol. The van der Waals surface area contributed by atoms with Gasteiger partial charge in [0.2, 0.25) is 5.91 Å². The fraction of sp³-hybridized carbons (Fsp3) is 0.148. The Morgan fingerprint density at radius 3 is 2.67 bits per heavy atom. The van der Waals surface area contributed by atoms with Gasteiger partial charge >= 0.3 is 29.6 Å². The second kappa shape index (κ2) is 11.1. The molecule has 1 fully saturated rings. The Labute approximate surface area is 236 Å². The molecule has 1 aliphatic heterocycles. The first-order valence-corrected chi connectivity index (χ1v) is 11.1. The molecule has 6 nitrogen and oxygen atoms in total. The smallest absolute Gasteiger partial charge is 0.508 e. The van der Waals surface area contributed by atoms with Gasteiger partial charge in [0.05, 0.1) is 5.02 Å². The van der Waals surface area contributed by atoms with Crippen molar-refractivity contribution < 1.29 is 43.8 Å². The van der Waals surface area contributed by atoms with Gasteiger partial charge in [-0.05, 0) is 40.6 Å². The predicted octanol–water partition coefficient (Wildman–Crippen LogP) is 2.44. The van der Waals surface area contributed by atoms with Crippen LogP contribution >= 0.6 is 11.6 Å². The van der Waals surface area contributed by atoms with Crippen molar-refractivity contribution in [2.75, 3.05) is 24.5 Å². The van der Waals surface area contributed by atoms with E-state index in [0.717, 1.165) is 10.8 Å². The summed E-state index contributed by atoms with van der Waals surface area (Å²) in [5, 5.41) is 12.4. The average molecular weight is 514 g/mol. The summed E-state index contributed by atoms with van der Waals surface area (Å²) in [7, 11) is 0. The van der Waals surface area contributed by atoms with Crippen molar-refractivity contribution in [3.63, 3.8) is 0 Å². The number of fused-ring (bicyclic) bond motifs is 2. The molecule has 1 N–H and O–H groups in total. The number of rotatable bonds is 3. The Morgan fingerprint density at radius 2 is 1.94 bits per heavy atom. The second-order valence-electron chi connectivity index (χ2n) is 8.19. The van der Waals surface area contributed by atoms with Crippen LogP contribution in [-0.4, -0.2) is 51.6 Å². The molecule has 5 rings (SSSR count). The SMILES string of the molecule is C=CC(=O)N1CCN(c2ncnc3c(F)c(-c4cc(O)cc5ccccc45)c(Cl)cc23)CC1[CH2-].[CH3-].[Na+]. The van der Waals surface area contributed by atoms with Crippen molar-refractivity contribution in [2.45, 2.75) is 6.04 Å². The molecule has 1 aliphatic rings. The van der Waals surface area contributed by atoms with E-state index in [1.165, 1.54) is 18.5 Å². The van der Waals surface area contributed by atoms with Crippen molar-refractivity contribution in [1.82, 2.24) is 14.9 Å². The number of amides is 1. The van der Waals surface area contributed by atoms with E-state index in [0.29, 0.717) is 36.4 Å². The molecule has 4 aromatic rings. The van der Waals surface area contributed by atoms with Crippen LogP contribution in [0.2, 0.25) is 5.02 Å². The van der Waals surface area contributed by atoms with Crippen LogP contribution in [0.25, 0.3) is 32.8 Å². The number of anilines is 1. The van der Waals surface area contributed by atoms with Crippen molar-refractivity contribution >= 4 is 45.0 Å². The Hall–Kier alpha value is -2.71. The standard InChI is InChI=1S/C26H21ClFN4O2.CH3.Na/c1-3-22(34)32-9-8-31(13-15(32)2)26-20-12-21(27)23(24(28)25(20)29-14-30-26)19-11-17(33)10-16-6-4-5-7-18(16)19;;/h3-7,10-12,14-15,33H,1-2,8-9,13H2;1H3;/q2*-1;+1. The quantitative estimate of drug-likeness (QED) is 0.259. The molecule has 3 aromatic carbocycles. The van der Waals surface area contributed by atoms with Gasteiger partial charge in [-0.15, -0.1) is 0 Å². The Morgan fingerprint density at radius 1 is 1.19 bits per heavy atom. The van der Waals surface area contributed by atoms with Crippen LogP contribution in [0.5, 0.6) is 5.75 Å². The third kappa shape index (κ3) is 4.81. The molecular formula is C27H24ClFN4NaO2-. The van der Waals surface area contributed by atoms with Crippen LogP contribution in [0.4, 0.5) is 10.2 Å². The van der Waals surface area contributed by atoms with Gasteiger partial charge in [-0.25, -0.2) is 14.4 Å². The Balaban J connectivity index is 0.00000180. The number of phenols is 1. The molecule has 180 valence electrons. The van der Waals surface area contributed by atoms with Gasteiger partial charge in [0.1, 0.15) is 23.4 Å². The van der Waals surface area contributed by atoms with Gasteiger partial charge in [-0.1, -0.05) is 48.5 Å². The number of carbonyl (C=O) groups is 1. The van der Waals surface area contributed by atoms with Gasteiger partial charge in [-0.3, -0.25) is 4.79 Å². The minimum atomic E-state index is -0.589. The number of carbonyl (C=O) groups excluding carboxylic acids is 1. The molecule has 1 unspecified atom stereocenters. The van der Waals surface area contributed by atoms with Gasteiger partial charge in [0.25, 0.3) is 0 Å². The molecule has 1 amide bonds. The molecule has 0 aliphatic carbocycles. The van der Waals surface area contributed by atoms with Crippen LogP contribution in [0.1, 0.15) is 0 Å². The van der Waals surface area contributed by atoms with Crippen molar-refractivity contribution in [2.24, 2.45) is 0 Å². The molecule has 0 spiro atoms. The summed E-state index contributed by atoms with van der Waals surface area (Å²) in [6.07, 6.45) is 2.59. The van der Waals surface area contributed by atoms with E-state index in [1.54, 1.807) is 17.0 Å². The molecule has 36 heavy (non-hydrogen) atoms. The minimum Gasteiger partial charge on any atom is -0.508 e. The zero-order chi connectivity index (χ0) is 24.0. The van der Waals surface area contributed by atoms with E-state index < -0.39 is 5.82 Å². The van der Waals surface area contributed by atoms with Gasteiger partial charge < -0.3 is 29.3 Å². The normalized spacial score (nSPS) is 15.4. The third-order valence-corrected chi connectivity index (χ3v) is 6.45. The van der Waals surface area contributed by atoms with Crippen LogP contribution < -0.4 is 34.5 Å². The molecule has 1 atom stereocenters. The molecule has 1 aromatic heterocycles. The van der Waals surface area contributed by atoms with Crippen molar-refractivity contribution in [1.29, 1.82) is 0 Å². The number of aromatic hydroxyl groups is 1. The van der Waals surface area contributed by atoms with E-state index in [4.69, 9.17) is 11.6 Å². The molecule has 1 saturated heterocycles. The number of hydrogen-bond donors (Lipinski definition) is 1. The fourth-order valence-corrected chi connectivity index (χ4v) is 4.87. The molecule has 0 saturated carbocycles. The maximum atomic E-state index is 16.0. The first kappa shape index (κ1) is 27.9. The number of piperazine rings is 1. The van der Waals surface area contributed by atoms with Gasteiger partial charge in [-0.2, -0.15) is 0 Å². The van der Waals surface area contributed by atoms with E-state index in [9.17, 15) is 9.90 Å².